The number of halogens is 2. The van der Waals surface area contributed by atoms with Crippen molar-refractivity contribution < 1.29 is 56.4 Å². The lowest BCUT2D eigenvalue weighted by Crippen LogP contribution is -2.12. The first-order valence-electron chi connectivity index (χ1n) is 15.0. The molecule has 10 nitrogen and oxygen atoms in total. The zero-order chi connectivity index (χ0) is 35.1. The molecular formula is C36H36F2O10. The van der Waals surface area contributed by atoms with Gasteiger partial charge in [-0.05, 0) is 88.1 Å². The van der Waals surface area contributed by atoms with Crippen LogP contribution in [0.15, 0.2) is 85.0 Å². The second-order valence-electron chi connectivity index (χ2n) is 10.5. The molecule has 12 heteroatoms. The fourth-order valence-corrected chi connectivity index (χ4v) is 3.77. The van der Waals surface area contributed by atoms with Gasteiger partial charge in [-0.3, -0.25) is 0 Å². The molecule has 0 fully saturated rings. The van der Waals surface area contributed by atoms with Crippen LogP contribution in [0.2, 0.25) is 0 Å². The van der Waals surface area contributed by atoms with E-state index in [1.54, 1.807) is 13.8 Å². The highest BCUT2D eigenvalue weighted by Gasteiger charge is 2.18. The molecule has 0 atom stereocenters. The van der Waals surface area contributed by atoms with Gasteiger partial charge in [0.2, 0.25) is 0 Å². The fourth-order valence-electron chi connectivity index (χ4n) is 3.77. The van der Waals surface area contributed by atoms with Gasteiger partial charge in [0.15, 0.2) is 0 Å². The maximum absolute atomic E-state index is 14.6. The van der Waals surface area contributed by atoms with Crippen molar-refractivity contribution in [3.8, 4) is 23.0 Å². The molecule has 0 aliphatic rings. The van der Waals surface area contributed by atoms with E-state index in [2.05, 4.69) is 13.2 Å². The minimum absolute atomic E-state index is 0.0496. The maximum Gasteiger partial charge on any atom is 0.346 e. The summed E-state index contributed by atoms with van der Waals surface area (Å²) in [7, 11) is 0. The fraction of sp³-hybridized carbons (Fsp3) is 0.278. The molecule has 0 aliphatic carbocycles. The highest BCUT2D eigenvalue weighted by molar-refractivity contribution is 5.92. The molecule has 0 saturated carbocycles. The molecule has 0 heterocycles. The highest BCUT2D eigenvalue weighted by Crippen LogP contribution is 2.24. The first kappa shape index (κ1) is 36.9. The molecule has 3 aromatic carbocycles. The number of carbonyl (C=O) groups is 4. The highest BCUT2D eigenvalue weighted by atomic mass is 19.1. The Hall–Kier alpha value is -5.52. The normalized spacial score (nSPS) is 10.4. The third-order valence-corrected chi connectivity index (χ3v) is 6.34. The second-order valence-corrected chi connectivity index (χ2v) is 10.5. The smallest absolute Gasteiger partial charge is 0.346 e. The Kier molecular flexibility index (Phi) is 14.3. The van der Waals surface area contributed by atoms with Crippen LogP contribution in [0, 0.1) is 11.6 Å². The predicted octanol–water partition coefficient (Wildman–Crippen LogP) is 6.96. The van der Waals surface area contributed by atoms with E-state index in [0.717, 1.165) is 12.1 Å². The third-order valence-electron chi connectivity index (χ3n) is 6.34. The van der Waals surface area contributed by atoms with Crippen LogP contribution in [0.5, 0.6) is 23.0 Å². The van der Waals surface area contributed by atoms with Crippen LogP contribution < -0.4 is 18.9 Å². The Morgan fingerprint density at radius 2 is 0.875 bits per heavy atom. The summed E-state index contributed by atoms with van der Waals surface area (Å²) < 4.78 is 60.6. The number of esters is 4. The van der Waals surface area contributed by atoms with E-state index in [4.69, 9.17) is 28.4 Å². The summed E-state index contributed by atoms with van der Waals surface area (Å²) in [6.07, 6.45) is 2.20. The first-order valence-corrected chi connectivity index (χ1v) is 15.0. The summed E-state index contributed by atoms with van der Waals surface area (Å²) in [5.41, 5.74) is -0.0185. The number of rotatable bonds is 18. The van der Waals surface area contributed by atoms with E-state index in [1.807, 2.05) is 0 Å². The van der Waals surface area contributed by atoms with Crippen LogP contribution in [0.1, 0.15) is 60.2 Å². The van der Waals surface area contributed by atoms with E-state index in [1.165, 1.54) is 48.5 Å². The maximum atomic E-state index is 14.6. The minimum Gasteiger partial charge on any atom is -0.493 e. The van der Waals surface area contributed by atoms with Gasteiger partial charge in [0.25, 0.3) is 0 Å². The van der Waals surface area contributed by atoms with Crippen LogP contribution in [0.25, 0.3) is 0 Å². The SMILES string of the molecule is C=C(C)C(=O)OCCCCOc1ccc(C(=O)Oc2ccc(OC(=O)c3ccc(OCCCCOC(=O)C(=C)C)cc3F)cc2)c(F)c1. The number of carbonyl (C=O) groups excluding carboxylic acids is 4. The average Bonchev–Trinajstić information content (AvgIpc) is 3.04. The molecule has 0 spiro atoms. The van der Waals surface area contributed by atoms with E-state index in [-0.39, 0.29) is 60.6 Å². The molecule has 0 bridgehead atoms. The van der Waals surface area contributed by atoms with Crippen molar-refractivity contribution in [2.24, 2.45) is 0 Å². The number of benzene rings is 3. The van der Waals surface area contributed by atoms with Crippen molar-refractivity contribution in [2.75, 3.05) is 26.4 Å². The van der Waals surface area contributed by atoms with E-state index < -0.39 is 35.5 Å². The summed E-state index contributed by atoms with van der Waals surface area (Å²) in [4.78, 5) is 47.8. The predicted molar refractivity (Wildman–Crippen MR) is 170 cm³/mol. The average molecular weight is 667 g/mol. The number of unbranched alkanes of at least 4 members (excludes halogenated alkanes) is 2. The molecular weight excluding hydrogens is 630 g/mol. The lowest BCUT2D eigenvalue weighted by Gasteiger charge is -2.10. The molecule has 0 unspecified atom stereocenters. The van der Waals surface area contributed by atoms with Crippen LogP contribution in [-0.4, -0.2) is 50.3 Å². The van der Waals surface area contributed by atoms with Crippen molar-refractivity contribution in [3.63, 3.8) is 0 Å². The van der Waals surface area contributed by atoms with Gasteiger partial charge in [0.05, 0.1) is 37.6 Å². The van der Waals surface area contributed by atoms with Gasteiger partial charge in [-0.2, -0.15) is 0 Å². The van der Waals surface area contributed by atoms with Gasteiger partial charge in [-0.15, -0.1) is 0 Å². The van der Waals surface area contributed by atoms with Crippen LogP contribution in [0.4, 0.5) is 8.78 Å². The quantitative estimate of drug-likeness (QED) is 0.0609. The molecule has 3 aromatic rings. The molecule has 0 radical (unpaired) electrons. The summed E-state index contributed by atoms with van der Waals surface area (Å²) in [5, 5.41) is 0. The Morgan fingerprint density at radius 3 is 1.21 bits per heavy atom. The molecule has 0 N–H and O–H groups in total. The zero-order valence-electron chi connectivity index (χ0n) is 26.7. The van der Waals surface area contributed by atoms with Gasteiger partial charge in [-0.1, -0.05) is 13.2 Å². The lowest BCUT2D eigenvalue weighted by atomic mass is 10.2. The standard InChI is InChI=1S/C36H36F2O10/c1-23(2)33(39)45-19-7-5-17-43-27-13-15-29(31(37)21-27)35(41)47-25-9-11-26(12-10-25)48-36(42)30-16-14-28(22-32(30)38)44-18-6-8-20-46-34(40)24(3)4/h9-16,21-22H,1,3,5-8,17-20H2,2,4H3. The first-order chi connectivity index (χ1) is 22.9. The number of hydrogen-bond acceptors (Lipinski definition) is 10. The van der Waals surface area contributed by atoms with Gasteiger partial charge in [0.1, 0.15) is 34.6 Å². The van der Waals surface area contributed by atoms with E-state index in [9.17, 15) is 28.0 Å². The van der Waals surface area contributed by atoms with Gasteiger partial charge >= 0.3 is 23.9 Å². The Morgan fingerprint density at radius 1 is 0.542 bits per heavy atom. The Bertz CT molecular complexity index is 1510. The monoisotopic (exact) mass is 666 g/mol. The molecule has 0 aromatic heterocycles. The van der Waals surface area contributed by atoms with Crippen LogP contribution in [-0.2, 0) is 19.1 Å². The molecule has 0 amide bonds. The van der Waals surface area contributed by atoms with Gasteiger partial charge in [0, 0.05) is 23.3 Å². The van der Waals surface area contributed by atoms with Crippen molar-refractivity contribution in [1.82, 2.24) is 0 Å². The molecule has 0 saturated heterocycles. The third kappa shape index (κ3) is 12.0. The van der Waals surface area contributed by atoms with Crippen molar-refractivity contribution >= 4 is 23.9 Å². The van der Waals surface area contributed by atoms with Gasteiger partial charge < -0.3 is 28.4 Å². The van der Waals surface area contributed by atoms with Crippen molar-refractivity contribution in [1.29, 1.82) is 0 Å². The van der Waals surface area contributed by atoms with Crippen molar-refractivity contribution in [2.45, 2.75) is 39.5 Å². The van der Waals surface area contributed by atoms with E-state index >= 15 is 0 Å². The lowest BCUT2D eigenvalue weighted by molar-refractivity contribution is -0.139. The summed E-state index contributed by atoms with van der Waals surface area (Å²) in [6.45, 7) is 11.0. The van der Waals surface area contributed by atoms with Crippen LogP contribution in [0.3, 0.4) is 0 Å². The molecule has 48 heavy (non-hydrogen) atoms. The molecule has 254 valence electrons. The van der Waals surface area contributed by atoms with Crippen molar-refractivity contribution in [3.05, 3.63) is 108 Å². The molecule has 3 rings (SSSR count). The Balaban J connectivity index is 1.43. The second kappa shape index (κ2) is 18.6. The molecule has 0 aliphatic heterocycles. The topological polar surface area (TPSA) is 124 Å². The van der Waals surface area contributed by atoms with Crippen LogP contribution >= 0.6 is 0 Å². The summed E-state index contributed by atoms with van der Waals surface area (Å²) in [6, 6.07) is 12.7. The number of hydrogen-bond donors (Lipinski definition) is 0. The number of ether oxygens (including phenoxy) is 6. The van der Waals surface area contributed by atoms with Gasteiger partial charge in [-0.25, -0.2) is 28.0 Å². The Labute approximate surface area is 276 Å². The summed E-state index contributed by atoms with van der Waals surface area (Å²) in [5.74, 6) is -4.02. The van der Waals surface area contributed by atoms with E-state index in [0.29, 0.717) is 36.8 Å². The minimum atomic E-state index is -0.960. The zero-order valence-corrected chi connectivity index (χ0v) is 26.7. The largest absolute Gasteiger partial charge is 0.493 e. The summed E-state index contributed by atoms with van der Waals surface area (Å²) >= 11 is 0.